The van der Waals surface area contributed by atoms with E-state index in [1.807, 2.05) is 49.4 Å². The zero-order chi connectivity index (χ0) is 16.1. The van der Waals surface area contributed by atoms with Crippen molar-refractivity contribution in [3.8, 4) is 5.75 Å². The molecule has 0 saturated heterocycles. The lowest BCUT2D eigenvalue weighted by molar-refractivity contribution is 0.0954. The number of para-hydroxylation sites is 1. The average Bonchev–Trinajstić information content (AvgIpc) is 3.04. The van der Waals surface area contributed by atoms with E-state index in [9.17, 15) is 4.79 Å². The largest absolute Gasteiger partial charge is 0.494 e. The smallest absolute Gasteiger partial charge is 0.251 e. The Bertz CT molecular complexity index is 813. The molecule has 0 aliphatic heterocycles. The summed E-state index contributed by atoms with van der Waals surface area (Å²) in [7, 11) is 0. The monoisotopic (exact) mass is 326 g/mol. The molecule has 1 amide bonds. The molecule has 3 rings (SSSR count). The Balaban J connectivity index is 1.61. The van der Waals surface area contributed by atoms with Crippen LogP contribution in [0.15, 0.2) is 48.0 Å². The fourth-order valence-corrected chi connectivity index (χ4v) is 3.13. The summed E-state index contributed by atoms with van der Waals surface area (Å²) in [4.78, 5) is 16.5. The Kier molecular flexibility index (Phi) is 4.88. The molecule has 3 aromatic rings. The van der Waals surface area contributed by atoms with Crippen LogP contribution in [-0.4, -0.2) is 24.0 Å². The van der Waals surface area contributed by atoms with E-state index in [0.29, 0.717) is 18.7 Å². The summed E-state index contributed by atoms with van der Waals surface area (Å²) in [6.07, 6.45) is 0.741. The van der Waals surface area contributed by atoms with Crippen LogP contribution in [0.1, 0.15) is 22.8 Å². The van der Waals surface area contributed by atoms with Gasteiger partial charge in [-0.25, -0.2) is 4.98 Å². The Morgan fingerprint density at radius 1 is 1.26 bits per heavy atom. The van der Waals surface area contributed by atoms with Crippen molar-refractivity contribution in [2.24, 2.45) is 0 Å². The van der Waals surface area contributed by atoms with E-state index >= 15 is 0 Å². The van der Waals surface area contributed by atoms with Gasteiger partial charge >= 0.3 is 0 Å². The fourth-order valence-electron chi connectivity index (χ4n) is 2.42. The molecule has 0 atom stereocenters. The molecule has 0 aliphatic carbocycles. The molecular weight excluding hydrogens is 308 g/mol. The number of nitrogens with one attached hydrogen (secondary N) is 1. The van der Waals surface area contributed by atoms with Gasteiger partial charge < -0.3 is 10.1 Å². The number of amides is 1. The molecule has 23 heavy (non-hydrogen) atoms. The first-order valence-electron chi connectivity index (χ1n) is 7.60. The van der Waals surface area contributed by atoms with Crippen molar-refractivity contribution < 1.29 is 9.53 Å². The van der Waals surface area contributed by atoms with Crippen molar-refractivity contribution in [2.75, 3.05) is 13.2 Å². The lowest BCUT2D eigenvalue weighted by Crippen LogP contribution is -2.25. The third-order valence-electron chi connectivity index (χ3n) is 3.55. The number of benzene rings is 2. The van der Waals surface area contributed by atoms with E-state index in [0.717, 1.165) is 28.0 Å². The number of hydrogen-bond acceptors (Lipinski definition) is 4. The quantitative estimate of drug-likeness (QED) is 0.752. The topological polar surface area (TPSA) is 51.2 Å². The SMILES string of the molecule is CCOc1ccccc1CCNC(=O)c1ccc2ncsc2c1. The highest BCUT2D eigenvalue weighted by Crippen LogP contribution is 2.20. The maximum Gasteiger partial charge on any atom is 0.251 e. The number of rotatable bonds is 6. The second-order valence-corrected chi connectivity index (χ2v) is 5.97. The van der Waals surface area contributed by atoms with Gasteiger partial charge in [-0.3, -0.25) is 4.79 Å². The molecule has 5 heteroatoms. The van der Waals surface area contributed by atoms with Crippen molar-refractivity contribution in [3.05, 3.63) is 59.1 Å². The molecule has 1 heterocycles. The third-order valence-corrected chi connectivity index (χ3v) is 4.34. The van der Waals surface area contributed by atoms with Crippen LogP contribution in [0, 0.1) is 0 Å². The molecule has 1 N–H and O–H groups in total. The molecule has 2 aromatic carbocycles. The zero-order valence-electron chi connectivity index (χ0n) is 12.9. The van der Waals surface area contributed by atoms with Crippen molar-refractivity contribution in [3.63, 3.8) is 0 Å². The summed E-state index contributed by atoms with van der Waals surface area (Å²) in [6.45, 7) is 3.18. The molecule has 0 spiro atoms. The summed E-state index contributed by atoms with van der Waals surface area (Å²) in [5.74, 6) is 0.824. The van der Waals surface area contributed by atoms with Gasteiger partial charge in [0.25, 0.3) is 5.91 Å². The van der Waals surface area contributed by atoms with Crippen molar-refractivity contribution in [1.29, 1.82) is 0 Å². The summed E-state index contributed by atoms with van der Waals surface area (Å²) in [6, 6.07) is 13.5. The highest BCUT2D eigenvalue weighted by atomic mass is 32.1. The lowest BCUT2D eigenvalue weighted by Gasteiger charge is -2.10. The van der Waals surface area contributed by atoms with Crippen molar-refractivity contribution in [1.82, 2.24) is 10.3 Å². The summed E-state index contributed by atoms with van der Waals surface area (Å²) >= 11 is 1.54. The van der Waals surface area contributed by atoms with Crippen LogP contribution in [0.5, 0.6) is 5.75 Å². The van der Waals surface area contributed by atoms with Gasteiger partial charge in [-0.2, -0.15) is 0 Å². The van der Waals surface area contributed by atoms with Gasteiger partial charge in [-0.1, -0.05) is 18.2 Å². The van der Waals surface area contributed by atoms with Gasteiger partial charge in [0.15, 0.2) is 0 Å². The predicted molar refractivity (Wildman–Crippen MR) is 93.3 cm³/mol. The fraction of sp³-hybridized carbons (Fsp3) is 0.222. The van der Waals surface area contributed by atoms with E-state index in [-0.39, 0.29) is 5.91 Å². The number of ether oxygens (including phenoxy) is 1. The number of thiazole rings is 1. The number of carbonyl (C=O) groups excluding carboxylic acids is 1. The van der Waals surface area contributed by atoms with Crippen LogP contribution in [0.4, 0.5) is 0 Å². The summed E-state index contributed by atoms with van der Waals surface area (Å²) < 4.78 is 6.63. The van der Waals surface area contributed by atoms with Gasteiger partial charge in [-0.05, 0) is 43.2 Å². The van der Waals surface area contributed by atoms with E-state index in [4.69, 9.17) is 4.74 Å². The van der Waals surface area contributed by atoms with Gasteiger partial charge in [0.1, 0.15) is 5.75 Å². The van der Waals surface area contributed by atoms with Gasteiger partial charge in [0.2, 0.25) is 0 Å². The number of hydrogen-bond donors (Lipinski definition) is 1. The van der Waals surface area contributed by atoms with Crippen LogP contribution in [0.3, 0.4) is 0 Å². The maximum absolute atomic E-state index is 12.3. The zero-order valence-corrected chi connectivity index (χ0v) is 13.7. The molecule has 0 unspecified atom stereocenters. The molecule has 118 valence electrons. The lowest BCUT2D eigenvalue weighted by atomic mass is 10.1. The summed E-state index contributed by atoms with van der Waals surface area (Å²) in [5, 5.41) is 2.96. The molecule has 0 saturated carbocycles. The van der Waals surface area contributed by atoms with Crippen LogP contribution in [0.25, 0.3) is 10.2 Å². The highest BCUT2D eigenvalue weighted by Gasteiger charge is 2.08. The number of carbonyl (C=O) groups is 1. The first kappa shape index (κ1) is 15.5. The Morgan fingerprint density at radius 3 is 3.00 bits per heavy atom. The molecule has 0 radical (unpaired) electrons. The molecule has 1 aromatic heterocycles. The van der Waals surface area contributed by atoms with E-state index in [2.05, 4.69) is 10.3 Å². The second kappa shape index (κ2) is 7.24. The van der Waals surface area contributed by atoms with Crippen molar-refractivity contribution in [2.45, 2.75) is 13.3 Å². The van der Waals surface area contributed by atoms with E-state index in [1.165, 1.54) is 11.3 Å². The minimum Gasteiger partial charge on any atom is -0.494 e. The van der Waals surface area contributed by atoms with Crippen LogP contribution < -0.4 is 10.1 Å². The first-order chi connectivity index (χ1) is 11.3. The third kappa shape index (κ3) is 3.68. The molecule has 4 nitrogen and oxygen atoms in total. The normalized spacial score (nSPS) is 10.7. The average molecular weight is 326 g/mol. The molecule has 0 fully saturated rings. The molecule has 0 aliphatic rings. The van der Waals surface area contributed by atoms with Crippen molar-refractivity contribution >= 4 is 27.5 Å². The van der Waals surface area contributed by atoms with Gasteiger partial charge in [-0.15, -0.1) is 11.3 Å². The Labute approximate surface area is 139 Å². The maximum atomic E-state index is 12.3. The molecule has 0 bridgehead atoms. The van der Waals surface area contributed by atoms with E-state index in [1.54, 1.807) is 5.51 Å². The van der Waals surface area contributed by atoms with E-state index < -0.39 is 0 Å². The number of fused-ring (bicyclic) bond motifs is 1. The predicted octanol–water partition coefficient (Wildman–Crippen LogP) is 3.67. The molecular formula is C18H18N2O2S. The standard InChI is InChI=1S/C18H18N2O2S/c1-2-22-16-6-4-3-5-13(16)9-10-19-18(21)14-7-8-15-17(11-14)23-12-20-15/h3-8,11-12H,2,9-10H2,1H3,(H,19,21). The van der Waals surface area contributed by atoms with Crippen LogP contribution in [0.2, 0.25) is 0 Å². The van der Waals surface area contributed by atoms with Gasteiger partial charge in [0.05, 0.1) is 22.3 Å². The number of aromatic nitrogens is 1. The Morgan fingerprint density at radius 2 is 2.13 bits per heavy atom. The first-order valence-corrected chi connectivity index (χ1v) is 8.48. The second-order valence-electron chi connectivity index (χ2n) is 5.08. The van der Waals surface area contributed by atoms with Gasteiger partial charge in [0, 0.05) is 12.1 Å². The minimum absolute atomic E-state index is 0.0609. The highest BCUT2D eigenvalue weighted by molar-refractivity contribution is 7.16. The van der Waals surface area contributed by atoms with Crippen LogP contribution in [-0.2, 0) is 6.42 Å². The van der Waals surface area contributed by atoms with Crippen LogP contribution >= 0.6 is 11.3 Å². The summed E-state index contributed by atoms with van der Waals surface area (Å²) in [5.41, 5.74) is 4.49. The minimum atomic E-state index is -0.0609. The Hall–Kier alpha value is -2.40. The number of nitrogens with zero attached hydrogens (tertiary/aromatic N) is 1.